The van der Waals surface area contributed by atoms with Crippen molar-refractivity contribution in [2.75, 3.05) is 20.1 Å². The van der Waals surface area contributed by atoms with E-state index >= 15 is 0 Å². The molecule has 0 spiro atoms. The van der Waals surface area contributed by atoms with Gasteiger partial charge < -0.3 is 4.90 Å². The van der Waals surface area contributed by atoms with Gasteiger partial charge in [-0.2, -0.15) is 0 Å². The van der Waals surface area contributed by atoms with Crippen LogP contribution in [-0.2, 0) is 0 Å². The Balaban J connectivity index is 1.85. The fourth-order valence-corrected chi connectivity index (χ4v) is 3.31. The second kappa shape index (κ2) is 5.17. The van der Waals surface area contributed by atoms with Crippen LogP contribution in [0, 0.1) is 11.8 Å². The molecule has 0 N–H and O–H groups in total. The maximum Gasteiger partial charge on any atom is 0.173 e. The number of hydrogen-bond acceptors (Lipinski definition) is 3. The summed E-state index contributed by atoms with van der Waals surface area (Å²) in [4.78, 5) is 19.4. The number of nitrogens with zero attached hydrogens (tertiary/aromatic N) is 2. The quantitative estimate of drug-likeness (QED) is 0.795. The lowest BCUT2D eigenvalue weighted by Gasteiger charge is -2.33. The first-order valence-corrected chi connectivity index (χ1v) is 7.51. The molecule has 1 unspecified atom stereocenters. The van der Waals surface area contributed by atoms with E-state index in [1.54, 1.807) is 0 Å². The van der Waals surface area contributed by atoms with Crippen LogP contribution >= 0.6 is 15.9 Å². The van der Waals surface area contributed by atoms with Gasteiger partial charge in [0.05, 0.1) is 11.6 Å². The van der Waals surface area contributed by atoms with Crippen LogP contribution in [-0.4, -0.2) is 37.0 Å². The Morgan fingerprint density at radius 3 is 2.79 bits per heavy atom. The number of benzene rings is 1. The summed E-state index contributed by atoms with van der Waals surface area (Å²) in [5.74, 6) is 0.649. The third-order valence-corrected chi connectivity index (χ3v) is 4.67. The van der Waals surface area contributed by atoms with Gasteiger partial charge in [0.1, 0.15) is 0 Å². The highest BCUT2D eigenvalue weighted by Gasteiger charge is 2.33. The van der Waals surface area contributed by atoms with Gasteiger partial charge in [-0.3, -0.25) is 9.79 Å². The molecule has 0 aromatic heterocycles. The highest BCUT2D eigenvalue weighted by atomic mass is 79.9. The predicted molar refractivity (Wildman–Crippen MR) is 80.3 cm³/mol. The maximum absolute atomic E-state index is 12.6. The summed E-state index contributed by atoms with van der Waals surface area (Å²) in [7, 11) is 2.14. The molecule has 0 amide bonds. The Bertz CT molecular complexity index is 533. The van der Waals surface area contributed by atoms with Crippen LogP contribution in [0.15, 0.2) is 27.7 Å². The lowest BCUT2D eigenvalue weighted by atomic mass is 9.79. The van der Waals surface area contributed by atoms with Crippen LogP contribution in [0.5, 0.6) is 0 Å². The molecular formula is C15H17BrN2O. The summed E-state index contributed by atoms with van der Waals surface area (Å²) in [6.45, 7) is 2.15. The third-order valence-electron chi connectivity index (χ3n) is 4.17. The van der Waals surface area contributed by atoms with Gasteiger partial charge in [-0.05, 0) is 57.1 Å². The van der Waals surface area contributed by atoms with E-state index in [2.05, 4.69) is 32.9 Å². The zero-order chi connectivity index (χ0) is 13.4. The molecule has 0 bridgehead atoms. The minimum Gasteiger partial charge on any atom is -0.306 e. The molecule has 0 saturated carbocycles. The lowest BCUT2D eigenvalue weighted by Crippen LogP contribution is -2.37. The molecule has 0 aliphatic carbocycles. The number of aliphatic imine (C=N–C) groups is 1. The van der Waals surface area contributed by atoms with Gasteiger partial charge in [-0.1, -0.05) is 15.9 Å². The average molecular weight is 321 g/mol. The Hall–Kier alpha value is -1.00. The van der Waals surface area contributed by atoms with Crippen molar-refractivity contribution in [1.29, 1.82) is 0 Å². The van der Waals surface area contributed by atoms with Crippen molar-refractivity contribution in [2.45, 2.75) is 12.8 Å². The van der Waals surface area contributed by atoms with E-state index < -0.39 is 0 Å². The van der Waals surface area contributed by atoms with E-state index in [1.165, 1.54) is 0 Å². The average Bonchev–Trinajstić information content (AvgIpc) is 2.41. The number of halogens is 1. The van der Waals surface area contributed by atoms with Crippen molar-refractivity contribution >= 4 is 33.6 Å². The molecule has 0 radical (unpaired) electrons. The molecule has 3 nitrogen and oxygen atoms in total. The van der Waals surface area contributed by atoms with Gasteiger partial charge in [-0.15, -0.1) is 0 Å². The van der Waals surface area contributed by atoms with E-state index in [9.17, 15) is 4.79 Å². The van der Waals surface area contributed by atoms with E-state index in [4.69, 9.17) is 0 Å². The van der Waals surface area contributed by atoms with Crippen LogP contribution in [0.3, 0.4) is 0 Å². The molecule has 2 aliphatic rings. The first-order chi connectivity index (χ1) is 9.15. The number of carbonyl (C=O) groups is 1. The molecule has 1 atom stereocenters. The topological polar surface area (TPSA) is 32.7 Å². The monoisotopic (exact) mass is 320 g/mol. The van der Waals surface area contributed by atoms with Gasteiger partial charge in [0.2, 0.25) is 0 Å². The molecule has 1 aromatic carbocycles. The molecule has 2 aliphatic heterocycles. The summed E-state index contributed by atoms with van der Waals surface area (Å²) in [6, 6.07) is 5.73. The van der Waals surface area contributed by atoms with Gasteiger partial charge >= 0.3 is 0 Å². The first-order valence-electron chi connectivity index (χ1n) is 6.71. The van der Waals surface area contributed by atoms with Gasteiger partial charge in [0.15, 0.2) is 5.78 Å². The van der Waals surface area contributed by atoms with Crippen molar-refractivity contribution < 1.29 is 4.79 Å². The number of piperidine rings is 1. The summed E-state index contributed by atoms with van der Waals surface area (Å²) >= 11 is 3.43. The minimum absolute atomic E-state index is 0.0319. The normalized spacial score (nSPS) is 24.5. The molecule has 3 rings (SSSR count). The smallest absolute Gasteiger partial charge is 0.173 e. The number of rotatable bonds is 1. The molecule has 1 aromatic rings. The molecule has 19 heavy (non-hydrogen) atoms. The second-order valence-corrected chi connectivity index (χ2v) is 6.39. The lowest BCUT2D eigenvalue weighted by molar-refractivity contribution is 0.0885. The SMILES string of the molecule is CN1CCC(C2C=Nc3ccc(Br)cc3C2=O)CC1. The van der Waals surface area contributed by atoms with Crippen LogP contribution in [0.1, 0.15) is 23.2 Å². The third kappa shape index (κ3) is 2.51. The summed E-state index contributed by atoms with van der Waals surface area (Å²) in [5.41, 5.74) is 1.57. The van der Waals surface area contributed by atoms with Crippen molar-refractivity contribution in [1.82, 2.24) is 4.90 Å². The largest absolute Gasteiger partial charge is 0.306 e. The summed E-state index contributed by atoms with van der Waals surface area (Å²) in [5, 5.41) is 0. The fourth-order valence-electron chi connectivity index (χ4n) is 2.95. The van der Waals surface area contributed by atoms with Crippen LogP contribution in [0.2, 0.25) is 0 Å². The van der Waals surface area contributed by atoms with Gasteiger partial charge in [0, 0.05) is 16.3 Å². The van der Waals surface area contributed by atoms with E-state index in [0.29, 0.717) is 5.92 Å². The van der Waals surface area contributed by atoms with Crippen LogP contribution < -0.4 is 0 Å². The summed E-state index contributed by atoms with van der Waals surface area (Å²) < 4.78 is 0.943. The number of hydrogen-bond donors (Lipinski definition) is 0. The molecule has 4 heteroatoms. The second-order valence-electron chi connectivity index (χ2n) is 5.47. The maximum atomic E-state index is 12.6. The summed E-state index contributed by atoms with van der Waals surface area (Å²) in [6.07, 6.45) is 4.04. The number of fused-ring (bicyclic) bond motifs is 1. The number of likely N-dealkylation sites (tertiary alicyclic amines) is 1. The van der Waals surface area contributed by atoms with Crippen molar-refractivity contribution in [3.8, 4) is 0 Å². The first kappa shape index (κ1) is 13.0. The van der Waals surface area contributed by atoms with Gasteiger partial charge in [0.25, 0.3) is 0 Å². The Morgan fingerprint density at radius 1 is 1.32 bits per heavy atom. The van der Waals surface area contributed by atoms with Crippen LogP contribution in [0.25, 0.3) is 0 Å². The van der Waals surface area contributed by atoms with Gasteiger partial charge in [-0.25, -0.2) is 0 Å². The molecule has 2 heterocycles. The molecule has 1 fully saturated rings. The minimum atomic E-state index is -0.0319. The molecule has 1 saturated heterocycles. The number of Topliss-reactive ketones (excluding diaryl/α,β-unsaturated/α-hetero) is 1. The highest BCUT2D eigenvalue weighted by Crippen LogP contribution is 2.34. The van der Waals surface area contributed by atoms with Crippen molar-refractivity contribution in [2.24, 2.45) is 16.8 Å². The predicted octanol–water partition coefficient (Wildman–Crippen LogP) is 3.31. The Kier molecular flexibility index (Phi) is 3.54. The Labute approximate surface area is 121 Å². The number of carbonyl (C=O) groups excluding carboxylic acids is 1. The molecule has 100 valence electrons. The van der Waals surface area contributed by atoms with Crippen molar-refractivity contribution in [3.05, 3.63) is 28.2 Å². The van der Waals surface area contributed by atoms with E-state index in [1.807, 2.05) is 24.4 Å². The number of ketones is 1. The highest BCUT2D eigenvalue weighted by molar-refractivity contribution is 9.10. The van der Waals surface area contributed by atoms with E-state index in [-0.39, 0.29) is 11.7 Å². The zero-order valence-corrected chi connectivity index (χ0v) is 12.6. The van der Waals surface area contributed by atoms with Crippen molar-refractivity contribution in [3.63, 3.8) is 0 Å². The van der Waals surface area contributed by atoms with E-state index in [0.717, 1.165) is 41.7 Å². The molecular weight excluding hydrogens is 304 g/mol. The zero-order valence-electron chi connectivity index (χ0n) is 11.0. The Morgan fingerprint density at radius 2 is 2.05 bits per heavy atom. The standard InChI is InChI=1S/C15H17BrN2O/c1-18-6-4-10(5-7-18)13-9-17-14-3-2-11(16)8-12(14)15(13)19/h2-3,8-10,13H,4-7H2,1H3. The van der Waals surface area contributed by atoms with Crippen LogP contribution in [0.4, 0.5) is 5.69 Å². The fraction of sp³-hybridized carbons (Fsp3) is 0.467.